The summed E-state index contributed by atoms with van der Waals surface area (Å²) in [6.45, 7) is 4.39. The molecule has 1 unspecified atom stereocenters. The number of carbonyl (C=O) groups excluding carboxylic acids is 1. The second-order valence-electron chi connectivity index (χ2n) is 4.18. The maximum Gasteiger partial charge on any atom is 0.317 e. The summed E-state index contributed by atoms with van der Waals surface area (Å²) >= 11 is 0. The fraction of sp³-hybridized carbons (Fsp3) is 0.583. The van der Waals surface area contributed by atoms with Crippen LogP contribution in [0.5, 0.6) is 0 Å². The topological polar surface area (TPSA) is 45.5 Å². The molecule has 1 aliphatic heterocycles. The van der Waals surface area contributed by atoms with Crippen LogP contribution >= 0.6 is 0 Å². The molecule has 1 aromatic heterocycles. The number of hydrogen-bond acceptors (Lipinski definition) is 2. The molecule has 1 atom stereocenters. The van der Waals surface area contributed by atoms with E-state index in [1.165, 1.54) is 0 Å². The Labute approximate surface area is 95.6 Å². The molecule has 1 N–H and O–H groups in total. The van der Waals surface area contributed by atoms with Crippen molar-refractivity contribution < 1.29 is 9.21 Å². The van der Waals surface area contributed by atoms with Gasteiger partial charge in [0.2, 0.25) is 0 Å². The third-order valence-electron chi connectivity index (χ3n) is 2.95. The molecule has 88 valence electrons. The van der Waals surface area contributed by atoms with Gasteiger partial charge in [0.25, 0.3) is 0 Å². The maximum absolute atomic E-state index is 11.7. The van der Waals surface area contributed by atoms with Crippen LogP contribution in [0.3, 0.4) is 0 Å². The van der Waals surface area contributed by atoms with Crippen LogP contribution in [0.1, 0.15) is 31.4 Å². The van der Waals surface area contributed by atoms with E-state index in [0.29, 0.717) is 5.92 Å². The molecule has 0 spiro atoms. The molecular formula is C12H18N2O2. The Hall–Kier alpha value is -1.45. The molecule has 2 heterocycles. The van der Waals surface area contributed by atoms with Gasteiger partial charge in [-0.2, -0.15) is 0 Å². The third kappa shape index (κ3) is 2.38. The largest absolute Gasteiger partial charge is 0.469 e. The third-order valence-corrected chi connectivity index (χ3v) is 2.95. The Morgan fingerprint density at radius 1 is 1.69 bits per heavy atom. The van der Waals surface area contributed by atoms with Gasteiger partial charge >= 0.3 is 6.03 Å². The minimum absolute atomic E-state index is 0.0518. The first kappa shape index (κ1) is 11.0. The number of hydrogen-bond donors (Lipinski definition) is 1. The van der Waals surface area contributed by atoms with Crippen molar-refractivity contribution in [3.63, 3.8) is 0 Å². The predicted molar refractivity (Wildman–Crippen MR) is 61.3 cm³/mol. The van der Waals surface area contributed by atoms with Crippen LogP contribution in [0.4, 0.5) is 4.79 Å². The van der Waals surface area contributed by atoms with Crippen LogP contribution in [-0.2, 0) is 0 Å². The van der Waals surface area contributed by atoms with E-state index in [2.05, 4.69) is 12.2 Å². The SMILES string of the molecule is CCCNC(=O)N1CCC(c2ccco2)C1. The van der Waals surface area contributed by atoms with E-state index in [1.807, 2.05) is 17.0 Å². The van der Waals surface area contributed by atoms with Gasteiger partial charge in [-0.05, 0) is 25.0 Å². The number of furan rings is 1. The van der Waals surface area contributed by atoms with Crippen molar-refractivity contribution in [1.82, 2.24) is 10.2 Å². The average molecular weight is 222 g/mol. The van der Waals surface area contributed by atoms with Gasteiger partial charge in [-0.15, -0.1) is 0 Å². The van der Waals surface area contributed by atoms with Crippen LogP contribution < -0.4 is 5.32 Å². The highest BCUT2D eigenvalue weighted by atomic mass is 16.3. The molecule has 2 amide bonds. The van der Waals surface area contributed by atoms with Gasteiger partial charge in [-0.3, -0.25) is 0 Å². The molecule has 0 bridgehead atoms. The Morgan fingerprint density at radius 2 is 2.56 bits per heavy atom. The Bertz CT molecular complexity index is 335. The van der Waals surface area contributed by atoms with E-state index in [9.17, 15) is 4.79 Å². The normalized spacial score (nSPS) is 20.1. The molecule has 1 fully saturated rings. The summed E-state index contributed by atoms with van der Waals surface area (Å²) in [6.07, 6.45) is 3.66. The molecular weight excluding hydrogens is 204 g/mol. The molecule has 0 radical (unpaired) electrons. The smallest absolute Gasteiger partial charge is 0.317 e. The van der Waals surface area contributed by atoms with Crippen molar-refractivity contribution in [2.75, 3.05) is 19.6 Å². The zero-order chi connectivity index (χ0) is 11.4. The van der Waals surface area contributed by atoms with Crippen molar-refractivity contribution in [3.05, 3.63) is 24.2 Å². The average Bonchev–Trinajstić information content (AvgIpc) is 2.94. The number of rotatable bonds is 3. The van der Waals surface area contributed by atoms with Crippen LogP contribution in [0.25, 0.3) is 0 Å². The van der Waals surface area contributed by atoms with E-state index < -0.39 is 0 Å². The van der Waals surface area contributed by atoms with Gasteiger partial charge < -0.3 is 14.6 Å². The summed E-state index contributed by atoms with van der Waals surface area (Å²) in [7, 11) is 0. The maximum atomic E-state index is 11.7. The summed E-state index contributed by atoms with van der Waals surface area (Å²) in [4.78, 5) is 13.6. The lowest BCUT2D eigenvalue weighted by molar-refractivity contribution is 0.208. The van der Waals surface area contributed by atoms with Crippen LogP contribution in [0, 0.1) is 0 Å². The summed E-state index contributed by atoms with van der Waals surface area (Å²) in [5, 5.41) is 2.90. The minimum atomic E-state index is 0.0518. The quantitative estimate of drug-likeness (QED) is 0.852. The Kier molecular flexibility index (Phi) is 3.49. The molecule has 4 heteroatoms. The number of likely N-dealkylation sites (tertiary alicyclic amines) is 1. The van der Waals surface area contributed by atoms with E-state index >= 15 is 0 Å². The van der Waals surface area contributed by atoms with Gasteiger partial charge in [0.15, 0.2) is 0 Å². The molecule has 1 aliphatic rings. The van der Waals surface area contributed by atoms with Gasteiger partial charge in [0.1, 0.15) is 5.76 Å². The molecule has 4 nitrogen and oxygen atoms in total. The minimum Gasteiger partial charge on any atom is -0.469 e. The summed E-state index contributed by atoms with van der Waals surface area (Å²) in [5.74, 6) is 1.35. The van der Waals surface area contributed by atoms with E-state index in [4.69, 9.17) is 4.42 Å². The highest BCUT2D eigenvalue weighted by molar-refractivity contribution is 5.74. The van der Waals surface area contributed by atoms with Crippen molar-refractivity contribution >= 4 is 6.03 Å². The lowest BCUT2D eigenvalue weighted by Gasteiger charge is -2.16. The van der Waals surface area contributed by atoms with E-state index in [0.717, 1.165) is 38.2 Å². The Morgan fingerprint density at radius 3 is 3.25 bits per heavy atom. The second-order valence-corrected chi connectivity index (χ2v) is 4.18. The number of urea groups is 1. The first-order valence-electron chi connectivity index (χ1n) is 5.87. The van der Waals surface area contributed by atoms with Gasteiger partial charge in [-0.25, -0.2) is 4.79 Å². The molecule has 0 aliphatic carbocycles. The van der Waals surface area contributed by atoms with Gasteiger partial charge in [0, 0.05) is 25.6 Å². The first-order valence-corrected chi connectivity index (χ1v) is 5.87. The molecule has 0 aromatic carbocycles. The first-order chi connectivity index (χ1) is 7.81. The van der Waals surface area contributed by atoms with E-state index in [-0.39, 0.29) is 6.03 Å². The highest BCUT2D eigenvalue weighted by Crippen LogP contribution is 2.27. The fourth-order valence-electron chi connectivity index (χ4n) is 2.04. The monoisotopic (exact) mass is 222 g/mol. The lowest BCUT2D eigenvalue weighted by atomic mass is 10.1. The molecule has 1 saturated heterocycles. The number of nitrogens with one attached hydrogen (secondary N) is 1. The molecule has 1 aromatic rings. The van der Waals surface area contributed by atoms with Crippen molar-refractivity contribution in [3.8, 4) is 0 Å². The van der Waals surface area contributed by atoms with E-state index in [1.54, 1.807) is 6.26 Å². The van der Waals surface area contributed by atoms with Crippen LogP contribution in [-0.4, -0.2) is 30.6 Å². The number of carbonyl (C=O) groups is 1. The molecule has 0 saturated carbocycles. The van der Waals surface area contributed by atoms with Crippen LogP contribution in [0.2, 0.25) is 0 Å². The summed E-state index contributed by atoms with van der Waals surface area (Å²) < 4.78 is 5.37. The zero-order valence-corrected chi connectivity index (χ0v) is 9.61. The van der Waals surface area contributed by atoms with Crippen molar-refractivity contribution in [2.45, 2.75) is 25.7 Å². The standard InChI is InChI=1S/C12H18N2O2/c1-2-6-13-12(15)14-7-5-10(9-14)11-4-3-8-16-11/h3-4,8,10H,2,5-7,9H2,1H3,(H,13,15). The zero-order valence-electron chi connectivity index (χ0n) is 9.61. The second kappa shape index (κ2) is 5.05. The molecule has 16 heavy (non-hydrogen) atoms. The highest BCUT2D eigenvalue weighted by Gasteiger charge is 2.28. The fourth-order valence-corrected chi connectivity index (χ4v) is 2.04. The summed E-state index contributed by atoms with van der Waals surface area (Å²) in [6, 6.07) is 3.93. The summed E-state index contributed by atoms with van der Waals surface area (Å²) in [5.41, 5.74) is 0. The number of amides is 2. The predicted octanol–water partition coefficient (Wildman–Crippen LogP) is 2.19. The number of nitrogens with zero attached hydrogens (tertiary/aromatic N) is 1. The van der Waals surface area contributed by atoms with Crippen molar-refractivity contribution in [2.24, 2.45) is 0 Å². The van der Waals surface area contributed by atoms with Gasteiger partial charge in [0.05, 0.1) is 6.26 Å². The van der Waals surface area contributed by atoms with Crippen LogP contribution in [0.15, 0.2) is 22.8 Å². The van der Waals surface area contributed by atoms with Gasteiger partial charge in [-0.1, -0.05) is 6.92 Å². The Balaban J connectivity index is 1.86. The molecule has 2 rings (SSSR count). The lowest BCUT2D eigenvalue weighted by Crippen LogP contribution is -2.38. The van der Waals surface area contributed by atoms with Crippen molar-refractivity contribution in [1.29, 1.82) is 0 Å².